The van der Waals surface area contributed by atoms with E-state index in [0.717, 1.165) is 0 Å². The fraction of sp³-hybridized carbons (Fsp3) is 0.409. The average molecular weight is 417 g/mol. The van der Waals surface area contributed by atoms with Gasteiger partial charge in [-0.05, 0) is 63.4 Å². The standard InChI is InChI=1S/C22H28FN3O4/c1-7-15-17(20(28)25-14-8-9-16(23)12(2)10-14)13(3)26(6)18(15)19(27)21(29)24-11-22(4,5)30/h8-10,30H,7,11H2,1-6H3,(H,24,29)(H,25,28). The van der Waals surface area contributed by atoms with E-state index in [1.54, 1.807) is 27.8 Å². The SMILES string of the molecule is CCc1c(C(=O)Nc2ccc(F)c(C)c2)c(C)n(C)c1C(=O)C(=O)NCC(C)(C)O. The lowest BCUT2D eigenvalue weighted by Gasteiger charge is -2.17. The van der Waals surface area contributed by atoms with Crippen molar-refractivity contribution in [2.75, 3.05) is 11.9 Å². The van der Waals surface area contributed by atoms with E-state index in [2.05, 4.69) is 10.6 Å². The van der Waals surface area contributed by atoms with Gasteiger partial charge in [0, 0.05) is 25.0 Å². The molecule has 0 aliphatic rings. The van der Waals surface area contributed by atoms with Gasteiger partial charge in [-0.15, -0.1) is 0 Å². The van der Waals surface area contributed by atoms with Crippen molar-refractivity contribution in [3.8, 4) is 0 Å². The molecule has 2 amide bonds. The molecule has 0 bridgehead atoms. The second-order valence-electron chi connectivity index (χ2n) is 7.94. The van der Waals surface area contributed by atoms with E-state index in [0.29, 0.717) is 34.5 Å². The highest BCUT2D eigenvalue weighted by Gasteiger charge is 2.30. The average Bonchev–Trinajstić information content (AvgIpc) is 2.92. The summed E-state index contributed by atoms with van der Waals surface area (Å²) >= 11 is 0. The number of halogens is 1. The molecule has 0 aliphatic heterocycles. The number of carbonyl (C=O) groups is 3. The number of Topliss-reactive ketones (excluding diaryl/α,β-unsaturated/α-hetero) is 1. The molecule has 162 valence electrons. The van der Waals surface area contributed by atoms with Crippen LogP contribution in [0.3, 0.4) is 0 Å². The number of rotatable bonds is 7. The Labute approximate surface area is 175 Å². The summed E-state index contributed by atoms with van der Waals surface area (Å²) in [5, 5.41) is 14.9. The molecule has 30 heavy (non-hydrogen) atoms. The van der Waals surface area contributed by atoms with Crippen LogP contribution in [-0.4, -0.2) is 39.4 Å². The Morgan fingerprint density at radius 1 is 1.20 bits per heavy atom. The summed E-state index contributed by atoms with van der Waals surface area (Å²) in [5.74, 6) is -2.45. The molecule has 0 spiro atoms. The van der Waals surface area contributed by atoms with Crippen LogP contribution in [0.5, 0.6) is 0 Å². The van der Waals surface area contributed by atoms with Gasteiger partial charge in [0.1, 0.15) is 5.82 Å². The van der Waals surface area contributed by atoms with Crippen molar-refractivity contribution in [3.05, 3.63) is 52.1 Å². The Morgan fingerprint density at radius 2 is 1.83 bits per heavy atom. The van der Waals surface area contributed by atoms with E-state index in [4.69, 9.17) is 0 Å². The number of anilines is 1. The number of ketones is 1. The zero-order valence-electron chi connectivity index (χ0n) is 18.1. The molecule has 7 nitrogen and oxygen atoms in total. The number of amides is 2. The van der Waals surface area contributed by atoms with E-state index in [1.807, 2.05) is 0 Å². The first-order valence-corrected chi connectivity index (χ1v) is 9.68. The first-order valence-electron chi connectivity index (χ1n) is 9.68. The second-order valence-corrected chi connectivity index (χ2v) is 7.94. The van der Waals surface area contributed by atoms with Gasteiger partial charge in [0.25, 0.3) is 17.6 Å². The molecule has 0 unspecified atom stereocenters. The van der Waals surface area contributed by atoms with Gasteiger partial charge >= 0.3 is 0 Å². The van der Waals surface area contributed by atoms with Crippen LogP contribution in [0.15, 0.2) is 18.2 Å². The Kier molecular flexibility index (Phi) is 6.82. The Balaban J connectivity index is 2.38. The predicted molar refractivity (Wildman–Crippen MR) is 112 cm³/mol. The minimum Gasteiger partial charge on any atom is -0.389 e. The van der Waals surface area contributed by atoms with E-state index in [9.17, 15) is 23.9 Å². The second kappa shape index (κ2) is 8.79. The third-order valence-corrected chi connectivity index (χ3v) is 4.89. The van der Waals surface area contributed by atoms with Crippen LogP contribution >= 0.6 is 0 Å². The molecule has 0 saturated carbocycles. The molecule has 8 heteroatoms. The number of hydrogen-bond donors (Lipinski definition) is 3. The number of carbonyl (C=O) groups excluding carboxylic acids is 3. The number of nitrogens with zero attached hydrogens (tertiary/aromatic N) is 1. The summed E-state index contributed by atoms with van der Waals surface area (Å²) in [7, 11) is 1.61. The van der Waals surface area contributed by atoms with Crippen LogP contribution in [0.25, 0.3) is 0 Å². The van der Waals surface area contributed by atoms with Crippen molar-refractivity contribution < 1.29 is 23.9 Å². The van der Waals surface area contributed by atoms with Crippen LogP contribution in [0.1, 0.15) is 58.4 Å². The van der Waals surface area contributed by atoms with Gasteiger partial charge in [-0.2, -0.15) is 0 Å². The Morgan fingerprint density at radius 3 is 2.37 bits per heavy atom. The number of aromatic nitrogens is 1. The molecule has 3 N–H and O–H groups in total. The van der Waals surface area contributed by atoms with Gasteiger partial charge in [0.05, 0.1) is 16.9 Å². The van der Waals surface area contributed by atoms with E-state index >= 15 is 0 Å². The highest BCUT2D eigenvalue weighted by molar-refractivity contribution is 6.43. The zero-order valence-corrected chi connectivity index (χ0v) is 18.1. The van der Waals surface area contributed by atoms with Crippen molar-refractivity contribution in [2.45, 2.75) is 46.6 Å². The smallest absolute Gasteiger partial charge is 0.294 e. The summed E-state index contributed by atoms with van der Waals surface area (Å²) in [6.07, 6.45) is 0.354. The van der Waals surface area contributed by atoms with E-state index in [-0.39, 0.29) is 18.1 Å². The van der Waals surface area contributed by atoms with Crippen LogP contribution in [0.4, 0.5) is 10.1 Å². The van der Waals surface area contributed by atoms with Gasteiger partial charge in [-0.25, -0.2) is 4.39 Å². The van der Waals surface area contributed by atoms with Crippen LogP contribution in [0, 0.1) is 19.7 Å². The molecular weight excluding hydrogens is 389 g/mol. The summed E-state index contributed by atoms with van der Waals surface area (Å²) in [6.45, 7) is 8.02. The van der Waals surface area contributed by atoms with Gasteiger partial charge in [0.2, 0.25) is 0 Å². The van der Waals surface area contributed by atoms with E-state index in [1.165, 1.54) is 36.6 Å². The molecule has 2 rings (SSSR count). The molecule has 2 aromatic rings. The van der Waals surface area contributed by atoms with Gasteiger partial charge in [-0.3, -0.25) is 14.4 Å². The fourth-order valence-electron chi connectivity index (χ4n) is 3.21. The van der Waals surface area contributed by atoms with Crippen molar-refractivity contribution in [2.24, 2.45) is 7.05 Å². The fourth-order valence-corrected chi connectivity index (χ4v) is 3.21. The molecule has 1 heterocycles. The lowest BCUT2D eigenvalue weighted by molar-refractivity contribution is -0.118. The summed E-state index contributed by atoms with van der Waals surface area (Å²) in [6, 6.07) is 4.25. The monoisotopic (exact) mass is 417 g/mol. The van der Waals surface area contributed by atoms with Crippen molar-refractivity contribution in [1.29, 1.82) is 0 Å². The first kappa shape index (κ1) is 23.3. The highest BCUT2D eigenvalue weighted by atomic mass is 19.1. The number of hydrogen-bond acceptors (Lipinski definition) is 4. The number of aliphatic hydroxyl groups is 1. The van der Waals surface area contributed by atoms with Crippen LogP contribution in [-0.2, 0) is 18.3 Å². The summed E-state index contributed by atoms with van der Waals surface area (Å²) in [5.41, 5.74) is 1.08. The normalized spacial score (nSPS) is 11.3. The minimum atomic E-state index is -1.16. The molecule has 0 saturated heterocycles. The highest BCUT2D eigenvalue weighted by Crippen LogP contribution is 2.25. The number of benzene rings is 1. The molecule has 0 fully saturated rings. The molecular formula is C22H28FN3O4. The Hall–Kier alpha value is -3.00. The quantitative estimate of drug-likeness (QED) is 0.476. The molecule has 1 aromatic heterocycles. The number of aryl methyl sites for hydroxylation is 1. The maximum atomic E-state index is 13.5. The lowest BCUT2D eigenvalue weighted by Crippen LogP contribution is -2.41. The van der Waals surface area contributed by atoms with Crippen molar-refractivity contribution >= 4 is 23.3 Å². The number of nitrogens with one attached hydrogen (secondary N) is 2. The first-order chi connectivity index (χ1) is 13.9. The third kappa shape index (κ3) is 4.94. The molecule has 0 aliphatic carbocycles. The predicted octanol–water partition coefficient (Wildman–Crippen LogP) is 2.67. The van der Waals surface area contributed by atoms with Gasteiger partial charge < -0.3 is 20.3 Å². The summed E-state index contributed by atoms with van der Waals surface area (Å²) < 4.78 is 15.0. The maximum Gasteiger partial charge on any atom is 0.294 e. The largest absolute Gasteiger partial charge is 0.389 e. The van der Waals surface area contributed by atoms with Crippen molar-refractivity contribution in [1.82, 2.24) is 9.88 Å². The molecule has 0 atom stereocenters. The Bertz CT molecular complexity index is 1000. The topological polar surface area (TPSA) is 100 Å². The third-order valence-electron chi connectivity index (χ3n) is 4.89. The minimum absolute atomic E-state index is 0.0836. The molecule has 1 aromatic carbocycles. The van der Waals surface area contributed by atoms with Crippen LogP contribution in [0.2, 0.25) is 0 Å². The van der Waals surface area contributed by atoms with Gasteiger partial charge in [0.15, 0.2) is 0 Å². The lowest BCUT2D eigenvalue weighted by atomic mass is 10.0. The van der Waals surface area contributed by atoms with Crippen LogP contribution < -0.4 is 10.6 Å². The zero-order chi connectivity index (χ0) is 22.8. The maximum absolute atomic E-state index is 13.5. The van der Waals surface area contributed by atoms with Gasteiger partial charge in [-0.1, -0.05) is 6.92 Å². The van der Waals surface area contributed by atoms with Crippen molar-refractivity contribution in [3.63, 3.8) is 0 Å². The summed E-state index contributed by atoms with van der Waals surface area (Å²) in [4.78, 5) is 38.1. The van der Waals surface area contributed by atoms with E-state index < -0.39 is 23.2 Å². The molecule has 0 radical (unpaired) electrons.